The van der Waals surface area contributed by atoms with Gasteiger partial charge in [0.2, 0.25) is 5.82 Å². The second-order valence-electron chi connectivity index (χ2n) is 5.25. The van der Waals surface area contributed by atoms with Crippen molar-refractivity contribution in [3.8, 4) is 5.88 Å². The lowest BCUT2D eigenvalue weighted by molar-refractivity contribution is -0.385. The Labute approximate surface area is 112 Å². The molecule has 7 heteroatoms. The maximum absolute atomic E-state index is 11.2. The van der Waals surface area contributed by atoms with Crippen LogP contribution in [0, 0.1) is 17.0 Å². The Balaban J connectivity index is 3.27. The van der Waals surface area contributed by atoms with Crippen molar-refractivity contribution in [3.63, 3.8) is 0 Å². The number of anilines is 1. The van der Waals surface area contributed by atoms with Crippen LogP contribution >= 0.6 is 0 Å². The van der Waals surface area contributed by atoms with E-state index < -0.39 is 4.92 Å². The Kier molecular flexibility index (Phi) is 4.63. The van der Waals surface area contributed by atoms with Crippen molar-refractivity contribution in [2.45, 2.75) is 46.6 Å². The highest BCUT2D eigenvalue weighted by Crippen LogP contribution is 2.33. The summed E-state index contributed by atoms with van der Waals surface area (Å²) in [5.74, 6) is 0.644. The average molecular weight is 268 g/mol. The van der Waals surface area contributed by atoms with E-state index in [0.717, 1.165) is 6.42 Å². The van der Waals surface area contributed by atoms with Gasteiger partial charge in [0.15, 0.2) is 0 Å². The van der Waals surface area contributed by atoms with Crippen molar-refractivity contribution in [3.05, 3.63) is 15.9 Å². The number of nitrogens with one attached hydrogen (secondary N) is 1. The number of aromatic nitrogens is 2. The summed E-state index contributed by atoms with van der Waals surface area (Å²) >= 11 is 0. The zero-order valence-corrected chi connectivity index (χ0v) is 12.0. The second kappa shape index (κ2) is 5.81. The van der Waals surface area contributed by atoms with E-state index in [-0.39, 0.29) is 22.9 Å². The molecule has 0 aromatic carbocycles. The van der Waals surface area contributed by atoms with Gasteiger partial charge in [-0.05, 0) is 34.1 Å². The number of aryl methyl sites for hydroxylation is 1. The van der Waals surface area contributed by atoms with Crippen LogP contribution in [0.2, 0.25) is 0 Å². The second-order valence-corrected chi connectivity index (χ2v) is 5.25. The number of hydrogen-bond acceptors (Lipinski definition) is 6. The predicted molar refractivity (Wildman–Crippen MR) is 72.6 cm³/mol. The first kappa shape index (κ1) is 15.1. The van der Waals surface area contributed by atoms with E-state index in [2.05, 4.69) is 15.3 Å². The lowest BCUT2D eigenvalue weighted by Crippen LogP contribution is -2.27. The Hall–Kier alpha value is -1.92. The van der Waals surface area contributed by atoms with Gasteiger partial charge in [-0.25, -0.2) is 4.98 Å². The fourth-order valence-corrected chi connectivity index (χ4v) is 1.45. The summed E-state index contributed by atoms with van der Waals surface area (Å²) in [4.78, 5) is 18.8. The molecule has 106 valence electrons. The van der Waals surface area contributed by atoms with Crippen molar-refractivity contribution < 1.29 is 9.66 Å². The van der Waals surface area contributed by atoms with Crippen LogP contribution in [0.1, 0.15) is 39.9 Å². The molecule has 0 aliphatic heterocycles. The molecule has 0 radical (unpaired) electrons. The molecule has 1 heterocycles. The van der Waals surface area contributed by atoms with Crippen LogP contribution in [0.3, 0.4) is 0 Å². The highest BCUT2D eigenvalue weighted by Gasteiger charge is 2.27. The van der Waals surface area contributed by atoms with Crippen LogP contribution in [0.25, 0.3) is 0 Å². The van der Waals surface area contributed by atoms with Crippen LogP contribution in [0.4, 0.5) is 11.5 Å². The molecule has 0 atom stereocenters. The van der Waals surface area contributed by atoms with Gasteiger partial charge < -0.3 is 10.1 Å². The summed E-state index contributed by atoms with van der Waals surface area (Å²) in [6.07, 6.45) is 0.752. The minimum Gasteiger partial charge on any atom is -0.473 e. The van der Waals surface area contributed by atoms with Crippen LogP contribution in [0.5, 0.6) is 5.88 Å². The lowest BCUT2D eigenvalue weighted by Gasteiger charge is -2.21. The third kappa shape index (κ3) is 4.35. The molecule has 1 rings (SSSR count). The van der Waals surface area contributed by atoms with E-state index in [1.54, 1.807) is 6.92 Å². The Morgan fingerprint density at radius 1 is 1.37 bits per heavy atom. The third-order valence-electron chi connectivity index (χ3n) is 2.08. The molecule has 0 amide bonds. The molecular formula is C12H20N4O3. The van der Waals surface area contributed by atoms with E-state index >= 15 is 0 Å². The van der Waals surface area contributed by atoms with E-state index in [9.17, 15) is 10.1 Å². The summed E-state index contributed by atoms with van der Waals surface area (Å²) in [6, 6.07) is 0. The molecule has 1 aromatic rings. The number of ether oxygens (including phenoxy) is 1. The summed E-state index contributed by atoms with van der Waals surface area (Å²) < 4.78 is 5.35. The zero-order chi connectivity index (χ0) is 14.6. The van der Waals surface area contributed by atoms with Crippen molar-refractivity contribution in [1.82, 2.24) is 9.97 Å². The van der Waals surface area contributed by atoms with Crippen molar-refractivity contribution >= 4 is 11.5 Å². The first-order valence-corrected chi connectivity index (χ1v) is 6.18. The molecule has 0 unspecified atom stereocenters. The number of rotatable bonds is 5. The van der Waals surface area contributed by atoms with Crippen LogP contribution < -0.4 is 10.1 Å². The molecule has 0 aliphatic carbocycles. The number of nitrogens with zero attached hydrogens (tertiary/aromatic N) is 3. The maximum atomic E-state index is 11.2. The van der Waals surface area contributed by atoms with Gasteiger partial charge in [-0.2, -0.15) is 4.98 Å². The zero-order valence-electron chi connectivity index (χ0n) is 12.0. The first-order chi connectivity index (χ1) is 8.74. The van der Waals surface area contributed by atoms with Crippen LogP contribution in [0.15, 0.2) is 0 Å². The average Bonchev–Trinajstić information content (AvgIpc) is 2.22. The van der Waals surface area contributed by atoms with Gasteiger partial charge in [0.25, 0.3) is 5.88 Å². The van der Waals surface area contributed by atoms with Gasteiger partial charge in [0.05, 0.1) is 11.5 Å². The van der Waals surface area contributed by atoms with Crippen LogP contribution in [-0.2, 0) is 0 Å². The standard InChI is InChI=1S/C12H20N4O3/c1-6-7-19-11-9(16(17)18)10(13-8(2)14-11)15-12(3,4)5/h6-7H2,1-5H3,(H,13,14,15). The first-order valence-electron chi connectivity index (χ1n) is 6.18. The van der Waals surface area contributed by atoms with Crippen molar-refractivity contribution in [2.75, 3.05) is 11.9 Å². The largest absolute Gasteiger partial charge is 0.473 e. The molecule has 0 saturated heterocycles. The fraction of sp³-hybridized carbons (Fsp3) is 0.667. The van der Waals surface area contributed by atoms with Gasteiger partial charge in [0, 0.05) is 5.54 Å². The Morgan fingerprint density at radius 3 is 2.47 bits per heavy atom. The van der Waals surface area contributed by atoms with Crippen LogP contribution in [-0.4, -0.2) is 27.0 Å². The summed E-state index contributed by atoms with van der Waals surface area (Å²) in [5, 5.41) is 14.2. The summed E-state index contributed by atoms with van der Waals surface area (Å²) in [6.45, 7) is 9.69. The normalized spacial score (nSPS) is 11.2. The quantitative estimate of drug-likeness (QED) is 0.652. The molecule has 1 aromatic heterocycles. The van der Waals surface area contributed by atoms with Crippen molar-refractivity contribution in [2.24, 2.45) is 0 Å². The van der Waals surface area contributed by atoms with Gasteiger partial charge in [-0.1, -0.05) is 6.92 Å². The van der Waals surface area contributed by atoms with E-state index in [4.69, 9.17) is 4.74 Å². The molecule has 0 bridgehead atoms. The van der Waals surface area contributed by atoms with Gasteiger partial charge in [-0.3, -0.25) is 10.1 Å². The molecule has 0 spiro atoms. The molecule has 19 heavy (non-hydrogen) atoms. The monoisotopic (exact) mass is 268 g/mol. The summed E-state index contributed by atoms with van der Waals surface area (Å²) in [5.41, 5.74) is -0.554. The minimum absolute atomic E-state index is 0.0195. The Morgan fingerprint density at radius 2 is 2.00 bits per heavy atom. The minimum atomic E-state index is -0.515. The summed E-state index contributed by atoms with van der Waals surface area (Å²) in [7, 11) is 0. The van der Waals surface area contributed by atoms with E-state index in [1.165, 1.54) is 0 Å². The fourth-order valence-electron chi connectivity index (χ4n) is 1.45. The Bertz CT molecular complexity index is 469. The molecule has 7 nitrogen and oxygen atoms in total. The van der Waals surface area contributed by atoms with Gasteiger partial charge in [-0.15, -0.1) is 0 Å². The van der Waals surface area contributed by atoms with Crippen molar-refractivity contribution in [1.29, 1.82) is 0 Å². The number of hydrogen-bond donors (Lipinski definition) is 1. The topological polar surface area (TPSA) is 90.2 Å². The lowest BCUT2D eigenvalue weighted by atomic mass is 10.1. The molecule has 0 saturated carbocycles. The molecule has 1 N–H and O–H groups in total. The molecular weight excluding hydrogens is 248 g/mol. The highest BCUT2D eigenvalue weighted by atomic mass is 16.6. The maximum Gasteiger partial charge on any atom is 0.372 e. The smallest absolute Gasteiger partial charge is 0.372 e. The molecule has 0 aliphatic rings. The third-order valence-corrected chi connectivity index (χ3v) is 2.08. The van der Waals surface area contributed by atoms with E-state index in [0.29, 0.717) is 12.4 Å². The molecule has 0 fully saturated rings. The van der Waals surface area contributed by atoms with E-state index in [1.807, 2.05) is 27.7 Å². The van der Waals surface area contributed by atoms with Gasteiger partial charge >= 0.3 is 5.69 Å². The SMILES string of the molecule is CCCOc1nc(C)nc(NC(C)(C)C)c1[N+](=O)[O-]. The highest BCUT2D eigenvalue weighted by molar-refractivity contribution is 5.62. The predicted octanol–water partition coefficient (Wildman–Crippen LogP) is 2.69. The van der Waals surface area contributed by atoms with Gasteiger partial charge in [0.1, 0.15) is 5.82 Å². The number of nitro groups is 1.